The molecule has 0 unspecified atom stereocenters. The van der Waals surface area contributed by atoms with Crippen LogP contribution in [-0.2, 0) is 0 Å². The smallest absolute Gasteiger partial charge is 0.237 e. The fourth-order valence-electron chi connectivity index (χ4n) is 1.41. The van der Waals surface area contributed by atoms with Gasteiger partial charge in [0.05, 0.1) is 12.8 Å². The Labute approximate surface area is 97.4 Å². The maximum Gasteiger partial charge on any atom is 0.237 e. The number of nitrogens with two attached hydrogens (primary N) is 1. The van der Waals surface area contributed by atoms with Gasteiger partial charge in [-0.25, -0.2) is 20.2 Å². The van der Waals surface area contributed by atoms with Crippen molar-refractivity contribution in [2.75, 3.05) is 12.5 Å². The fraction of sp³-hybridized carbons (Fsp3) is 0.0909. The van der Waals surface area contributed by atoms with Crippen molar-refractivity contribution >= 4 is 5.95 Å². The Hall–Kier alpha value is -2.21. The molecule has 0 aliphatic heterocycles. The van der Waals surface area contributed by atoms with Gasteiger partial charge in [0.15, 0.2) is 11.6 Å². The molecule has 0 saturated heterocycles. The molecule has 5 nitrogen and oxygen atoms in total. The summed E-state index contributed by atoms with van der Waals surface area (Å²) < 4.78 is 18.4. The minimum Gasteiger partial charge on any atom is -0.494 e. The van der Waals surface area contributed by atoms with Crippen molar-refractivity contribution in [1.82, 2.24) is 9.97 Å². The number of hydrazine groups is 1. The predicted octanol–water partition coefficient (Wildman–Crippen LogP) is 1.58. The molecular formula is C11H11FN4O. The highest BCUT2D eigenvalue weighted by atomic mass is 19.1. The number of nitrogen functional groups attached to an aromatic ring is 1. The Morgan fingerprint density at radius 1 is 1.35 bits per heavy atom. The normalized spacial score (nSPS) is 10.1. The third kappa shape index (κ3) is 2.31. The second kappa shape index (κ2) is 4.75. The summed E-state index contributed by atoms with van der Waals surface area (Å²) in [7, 11) is 1.42. The molecule has 1 aromatic heterocycles. The first-order valence-corrected chi connectivity index (χ1v) is 4.88. The summed E-state index contributed by atoms with van der Waals surface area (Å²) in [4.78, 5) is 7.98. The lowest BCUT2D eigenvalue weighted by molar-refractivity contribution is 0.386. The fourth-order valence-corrected chi connectivity index (χ4v) is 1.41. The summed E-state index contributed by atoms with van der Waals surface area (Å²) >= 11 is 0. The number of methoxy groups -OCH3 is 1. The first-order chi connectivity index (χ1) is 8.24. The lowest BCUT2D eigenvalue weighted by Gasteiger charge is -2.05. The lowest BCUT2D eigenvalue weighted by Crippen LogP contribution is -2.10. The van der Waals surface area contributed by atoms with E-state index in [1.165, 1.54) is 13.2 Å². The number of anilines is 1. The first kappa shape index (κ1) is 11.3. The first-order valence-electron chi connectivity index (χ1n) is 4.88. The standard InChI is InChI=1S/C11H11FN4O/c1-17-10-3-2-7(6-8(10)12)9-4-5-14-11(15-9)16-13/h2-6H,13H2,1H3,(H,14,15,16). The molecule has 0 aliphatic carbocycles. The van der Waals surface area contributed by atoms with Crippen LogP contribution in [0, 0.1) is 5.82 Å². The second-order valence-electron chi connectivity index (χ2n) is 3.26. The van der Waals surface area contributed by atoms with Gasteiger partial charge in [0.1, 0.15) is 0 Å². The van der Waals surface area contributed by atoms with Crippen LogP contribution in [-0.4, -0.2) is 17.1 Å². The molecule has 0 aliphatic rings. The van der Waals surface area contributed by atoms with Crippen molar-refractivity contribution in [3.63, 3.8) is 0 Å². The van der Waals surface area contributed by atoms with Gasteiger partial charge in [0, 0.05) is 11.8 Å². The Balaban J connectivity index is 2.42. The predicted molar refractivity (Wildman–Crippen MR) is 61.8 cm³/mol. The molecule has 88 valence electrons. The van der Waals surface area contributed by atoms with Gasteiger partial charge in [-0.05, 0) is 24.3 Å². The summed E-state index contributed by atoms with van der Waals surface area (Å²) in [6, 6.07) is 6.27. The van der Waals surface area contributed by atoms with Crippen LogP contribution in [0.25, 0.3) is 11.3 Å². The molecule has 0 fully saturated rings. The number of aromatic nitrogens is 2. The van der Waals surface area contributed by atoms with Crippen LogP contribution in [0.1, 0.15) is 0 Å². The third-order valence-electron chi connectivity index (χ3n) is 2.23. The second-order valence-corrected chi connectivity index (χ2v) is 3.26. The van der Waals surface area contributed by atoms with Gasteiger partial charge in [0.25, 0.3) is 0 Å². The molecule has 17 heavy (non-hydrogen) atoms. The number of benzene rings is 1. The van der Waals surface area contributed by atoms with Crippen LogP contribution in [0.15, 0.2) is 30.5 Å². The Kier molecular flexibility index (Phi) is 3.15. The number of halogens is 1. The number of hydrogen-bond acceptors (Lipinski definition) is 5. The van der Waals surface area contributed by atoms with Crippen molar-refractivity contribution < 1.29 is 9.13 Å². The molecule has 0 atom stereocenters. The molecule has 2 aromatic rings. The minimum atomic E-state index is -0.439. The van der Waals surface area contributed by atoms with Gasteiger partial charge in [-0.1, -0.05) is 0 Å². The summed E-state index contributed by atoms with van der Waals surface area (Å²) in [5, 5.41) is 0. The average molecular weight is 234 g/mol. The molecule has 3 N–H and O–H groups in total. The van der Waals surface area contributed by atoms with Crippen molar-refractivity contribution in [3.05, 3.63) is 36.3 Å². The summed E-state index contributed by atoms with van der Waals surface area (Å²) in [5.74, 6) is 5.24. The van der Waals surface area contributed by atoms with Gasteiger partial charge < -0.3 is 4.74 Å². The lowest BCUT2D eigenvalue weighted by atomic mass is 10.1. The van der Waals surface area contributed by atoms with Gasteiger partial charge in [0.2, 0.25) is 5.95 Å². The molecular weight excluding hydrogens is 223 g/mol. The molecule has 6 heteroatoms. The van der Waals surface area contributed by atoms with E-state index in [4.69, 9.17) is 10.6 Å². The largest absolute Gasteiger partial charge is 0.494 e. The monoisotopic (exact) mass is 234 g/mol. The molecule has 0 saturated carbocycles. The van der Waals surface area contributed by atoms with E-state index in [1.54, 1.807) is 24.4 Å². The SMILES string of the molecule is COc1ccc(-c2ccnc(NN)n2)cc1F. The molecule has 0 radical (unpaired) electrons. The van der Waals surface area contributed by atoms with Gasteiger partial charge in [-0.2, -0.15) is 0 Å². The molecule has 0 amide bonds. The number of ether oxygens (including phenoxy) is 1. The van der Waals surface area contributed by atoms with Crippen LogP contribution in [0.2, 0.25) is 0 Å². The van der Waals surface area contributed by atoms with E-state index in [-0.39, 0.29) is 11.7 Å². The third-order valence-corrected chi connectivity index (χ3v) is 2.23. The number of nitrogens with zero attached hydrogens (tertiary/aromatic N) is 2. The van der Waals surface area contributed by atoms with E-state index in [9.17, 15) is 4.39 Å². The minimum absolute atomic E-state index is 0.194. The van der Waals surface area contributed by atoms with Crippen molar-refractivity contribution in [2.45, 2.75) is 0 Å². The summed E-state index contributed by atoms with van der Waals surface area (Å²) in [6.45, 7) is 0. The van der Waals surface area contributed by atoms with Gasteiger partial charge in [-0.3, -0.25) is 5.43 Å². The van der Waals surface area contributed by atoms with Crippen LogP contribution in [0.4, 0.5) is 10.3 Å². The van der Waals surface area contributed by atoms with E-state index < -0.39 is 5.82 Å². The summed E-state index contributed by atoms with van der Waals surface area (Å²) in [6.07, 6.45) is 1.54. The zero-order valence-corrected chi connectivity index (χ0v) is 9.14. The van der Waals surface area contributed by atoms with Crippen LogP contribution in [0.5, 0.6) is 5.75 Å². The van der Waals surface area contributed by atoms with E-state index in [0.29, 0.717) is 11.3 Å². The maximum atomic E-state index is 13.5. The van der Waals surface area contributed by atoms with Crippen LogP contribution >= 0.6 is 0 Å². The molecule has 0 spiro atoms. The molecule has 1 heterocycles. The van der Waals surface area contributed by atoms with E-state index >= 15 is 0 Å². The Morgan fingerprint density at radius 2 is 2.18 bits per heavy atom. The Bertz CT molecular complexity index is 533. The van der Waals surface area contributed by atoms with E-state index in [0.717, 1.165) is 0 Å². The zero-order valence-electron chi connectivity index (χ0n) is 9.14. The maximum absolute atomic E-state index is 13.5. The highest BCUT2D eigenvalue weighted by molar-refractivity contribution is 5.61. The zero-order chi connectivity index (χ0) is 12.3. The topological polar surface area (TPSA) is 73.1 Å². The highest BCUT2D eigenvalue weighted by Crippen LogP contribution is 2.24. The van der Waals surface area contributed by atoms with Crippen LogP contribution in [0.3, 0.4) is 0 Å². The number of hydrogen-bond donors (Lipinski definition) is 2. The summed E-state index contributed by atoms with van der Waals surface area (Å²) in [5.41, 5.74) is 3.54. The van der Waals surface area contributed by atoms with Crippen molar-refractivity contribution in [2.24, 2.45) is 5.84 Å². The molecule has 2 rings (SSSR count). The van der Waals surface area contributed by atoms with Crippen LogP contribution < -0.4 is 16.0 Å². The number of rotatable bonds is 3. The van der Waals surface area contributed by atoms with Gasteiger partial charge >= 0.3 is 0 Å². The van der Waals surface area contributed by atoms with Gasteiger partial charge in [-0.15, -0.1) is 0 Å². The molecule has 0 bridgehead atoms. The number of nitrogens with one attached hydrogen (secondary N) is 1. The Morgan fingerprint density at radius 3 is 2.82 bits per heavy atom. The van der Waals surface area contributed by atoms with E-state index in [1.807, 2.05) is 0 Å². The van der Waals surface area contributed by atoms with Crippen molar-refractivity contribution in [3.8, 4) is 17.0 Å². The van der Waals surface area contributed by atoms with E-state index in [2.05, 4.69) is 15.4 Å². The van der Waals surface area contributed by atoms with Crippen molar-refractivity contribution in [1.29, 1.82) is 0 Å². The molecule has 1 aromatic carbocycles. The quantitative estimate of drug-likeness (QED) is 0.623. The highest BCUT2D eigenvalue weighted by Gasteiger charge is 2.06. The average Bonchev–Trinajstić information content (AvgIpc) is 2.38.